The predicted octanol–water partition coefficient (Wildman–Crippen LogP) is 3.08. The van der Waals surface area contributed by atoms with Crippen LogP contribution in [0.5, 0.6) is 5.75 Å². The van der Waals surface area contributed by atoms with Crippen LogP contribution in [0.15, 0.2) is 30.3 Å². The van der Waals surface area contributed by atoms with Gasteiger partial charge in [-0.25, -0.2) is 0 Å². The van der Waals surface area contributed by atoms with E-state index in [0.29, 0.717) is 6.42 Å². The van der Waals surface area contributed by atoms with Crippen molar-refractivity contribution >= 4 is 11.9 Å². The van der Waals surface area contributed by atoms with E-state index in [2.05, 4.69) is 0 Å². The summed E-state index contributed by atoms with van der Waals surface area (Å²) in [4.78, 5) is 10.7. The first kappa shape index (κ1) is 11.5. The lowest BCUT2D eigenvalue weighted by Gasteiger charge is -1.99. The van der Waals surface area contributed by atoms with Crippen molar-refractivity contribution in [2.24, 2.45) is 0 Å². The van der Waals surface area contributed by atoms with Gasteiger partial charge in [0.05, 0.1) is 7.11 Å². The first-order chi connectivity index (χ1) is 7.22. The minimum Gasteiger partial charge on any atom is -0.497 e. The van der Waals surface area contributed by atoms with Crippen molar-refractivity contribution in [3.8, 4) is 5.75 Å². The van der Waals surface area contributed by atoms with E-state index < -0.39 is 0 Å². The molecule has 0 spiro atoms. The summed E-state index contributed by atoms with van der Waals surface area (Å²) in [7, 11) is 1.65. The predicted molar refractivity (Wildman–Crippen MR) is 61.9 cm³/mol. The van der Waals surface area contributed by atoms with Gasteiger partial charge in [-0.3, -0.25) is 0 Å². The molecule has 1 rings (SSSR count). The largest absolute Gasteiger partial charge is 0.497 e. The highest BCUT2D eigenvalue weighted by atomic mass is 16.5. The molecule has 0 saturated heterocycles. The molecular weight excluding hydrogens is 188 g/mol. The molecule has 0 amide bonds. The number of carbonyl (C=O) groups is 1. The van der Waals surface area contributed by atoms with Gasteiger partial charge in [0.25, 0.3) is 0 Å². The maximum absolute atomic E-state index is 10.7. The molecule has 0 bridgehead atoms. The van der Waals surface area contributed by atoms with Crippen molar-refractivity contribution in [2.45, 2.75) is 19.8 Å². The second kappa shape index (κ2) is 6.02. The molecule has 0 heterocycles. The van der Waals surface area contributed by atoms with Gasteiger partial charge in [-0.05, 0) is 31.0 Å². The van der Waals surface area contributed by atoms with Gasteiger partial charge in [-0.15, -0.1) is 0 Å². The summed E-state index contributed by atoms with van der Waals surface area (Å²) in [5, 5.41) is 0. The quantitative estimate of drug-likeness (QED) is 0.736. The van der Waals surface area contributed by atoms with E-state index in [1.807, 2.05) is 36.4 Å². The molecule has 0 aliphatic rings. The van der Waals surface area contributed by atoms with E-state index in [4.69, 9.17) is 4.74 Å². The molecule has 15 heavy (non-hydrogen) atoms. The van der Waals surface area contributed by atoms with Gasteiger partial charge >= 0.3 is 0 Å². The second-order valence-corrected chi connectivity index (χ2v) is 3.42. The van der Waals surface area contributed by atoms with Crippen molar-refractivity contribution in [3.63, 3.8) is 0 Å². The molecule has 0 saturated carbocycles. The molecular formula is C13H16O2. The molecule has 0 fully saturated rings. The van der Waals surface area contributed by atoms with Gasteiger partial charge in [0.1, 0.15) is 11.5 Å². The van der Waals surface area contributed by atoms with Crippen molar-refractivity contribution in [2.75, 3.05) is 7.11 Å². The Hall–Kier alpha value is -1.57. The van der Waals surface area contributed by atoms with Crippen LogP contribution in [0, 0.1) is 0 Å². The Morgan fingerprint density at radius 2 is 2.27 bits per heavy atom. The summed E-state index contributed by atoms with van der Waals surface area (Å²) in [5.41, 5.74) is 1.10. The Morgan fingerprint density at radius 3 is 2.93 bits per heavy atom. The van der Waals surface area contributed by atoms with Crippen LogP contribution in [0.25, 0.3) is 6.08 Å². The minimum absolute atomic E-state index is 0.227. The van der Waals surface area contributed by atoms with Crippen LogP contribution in [0.3, 0.4) is 0 Å². The molecule has 0 aromatic heterocycles. The third kappa shape index (κ3) is 4.45. The smallest absolute Gasteiger partial charge is 0.130 e. The summed E-state index contributed by atoms with van der Waals surface area (Å²) in [6, 6.07) is 7.83. The lowest BCUT2D eigenvalue weighted by molar-refractivity contribution is -0.116. The highest BCUT2D eigenvalue weighted by molar-refractivity contribution is 5.75. The monoisotopic (exact) mass is 204 g/mol. The fourth-order valence-electron chi connectivity index (χ4n) is 1.25. The van der Waals surface area contributed by atoms with Crippen molar-refractivity contribution in [3.05, 3.63) is 35.9 Å². The van der Waals surface area contributed by atoms with Gasteiger partial charge in [0, 0.05) is 6.42 Å². The van der Waals surface area contributed by atoms with Gasteiger partial charge in [0.15, 0.2) is 0 Å². The maximum Gasteiger partial charge on any atom is 0.130 e. The van der Waals surface area contributed by atoms with Crippen LogP contribution in [-0.4, -0.2) is 12.9 Å². The zero-order valence-electron chi connectivity index (χ0n) is 9.19. The van der Waals surface area contributed by atoms with Crippen molar-refractivity contribution < 1.29 is 9.53 Å². The highest BCUT2D eigenvalue weighted by Crippen LogP contribution is 2.13. The summed E-state index contributed by atoms with van der Waals surface area (Å²) < 4.78 is 5.11. The third-order valence-corrected chi connectivity index (χ3v) is 2.07. The molecule has 0 radical (unpaired) electrons. The number of ketones is 1. The third-order valence-electron chi connectivity index (χ3n) is 2.07. The van der Waals surface area contributed by atoms with Gasteiger partial charge in [-0.1, -0.05) is 24.3 Å². The van der Waals surface area contributed by atoms with Crippen molar-refractivity contribution in [1.29, 1.82) is 0 Å². The number of hydrogen-bond donors (Lipinski definition) is 0. The molecule has 2 heteroatoms. The highest BCUT2D eigenvalue weighted by Gasteiger charge is 1.92. The molecule has 1 aromatic carbocycles. The topological polar surface area (TPSA) is 26.3 Å². The SMILES string of the molecule is COc1cccc(/C=C/CCC(C)=O)c1. The number of benzene rings is 1. The number of Topliss-reactive ketones (excluding diaryl/α,β-unsaturated/α-hetero) is 1. The minimum atomic E-state index is 0.227. The van der Waals surface area contributed by atoms with Crippen LogP contribution < -0.4 is 4.74 Å². The first-order valence-electron chi connectivity index (χ1n) is 5.02. The van der Waals surface area contributed by atoms with E-state index in [1.165, 1.54) is 0 Å². The van der Waals surface area contributed by atoms with Crippen molar-refractivity contribution in [1.82, 2.24) is 0 Å². The van der Waals surface area contributed by atoms with Crippen LogP contribution in [-0.2, 0) is 4.79 Å². The Labute approximate surface area is 90.6 Å². The number of methoxy groups -OCH3 is 1. The zero-order chi connectivity index (χ0) is 11.1. The Balaban J connectivity index is 2.52. The van der Waals surface area contributed by atoms with Gasteiger partial charge in [-0.2, -0.15) is 0 Å². The fourth-order valence-corrected chi connectivity index (χ4v) is 1.25. The standard InChI is InChI=1S/C13H16O2/c1-11(14)6-3-4-7-12-8-5-9-13(10-12)15-2/h4-5,7-10H,3,6H2,1-2H3/b7-4+. The van der Waals surface area contributed by atoms with Gasteiger partial charge < -0.3 is 9.53 Å². The van der Waals surface area contributed by atoms with E-state index >= 15 is 0 Å². The molecule has 2 nitrogen and oxygen atoms in total. The number of ether oxygens (including phenoxy) is 1. The normalized spacial score (nSPS) is 10.5. The molecule has 0 aliphatic heterocycles. The number of hydrogen-bond acceptors (Lipinski definition) is 2. The molecule has 1 aromatic rings. The second-order valence-electron chi connectivity index (χ2n) is 3.42. The summed E-state index contributed by atoms with van der Waals surface area (Å²) in [6.07, 6.45) is 5.43. The van der Waals surface area contributed by atoms with Crippen LogP contribution in [0.1, 0.15) is 25.3 Å². The molecule has 0 N–H and O–H groups in total. The Morgan fingerprint density at radius 1 is 1.47 bits per heavy atom. The average molecular weight is 204 g/mol. The zero-order valence-corrected chi connectivity index (χ0v) is 9.19. The number of allylic oxidation sites excluding steroid dienone is 1. The molecule has 0 atom stereocenters. The van der Waals surface area contributed by atoms with Gasteiger partial charge in [0.2, 0.25) is 0 Å². The van der Waals surface area contributed by atoms with E-state index in [-0.39, 0.29) is 5.78 Å². The van der Waals surface area contributed by atoms with E-state index in [1.54, 1.807) is 14.0 Å². The van der Waals surface area contributed by atoms with Crippen LogP contribution in [0.2, 0.25) is 0 Å². The number of carbonyl (C=O) groups excluding carboxylic acids is 1. The van der Waals surface area contributed by atoms with E-state index in [9.17, 15) is 4.79 Å². The maximum atomic E-state index is 10.7. The van der Waals surface area contributed by atoms with Crippen LogP contribution in [0.4, 0.5) is 0 Å². The number of rotatable bonds is 5. The summed E-state index contributed by atoms with van der Waals surface area (Å²) in [5.74, 6) is 1.08. The first-order valence-corrected chi connectivity index (χ1v) is 5.02. The molecule has 0 aliphatic carbocycles. The van der Waals surface area contributed by atoms with Crippen LogP contribution >= 0.6 is 0 Å². The lowest BCUT2D eigenvalue weighted by Crippen LogP contribution is -1.86. The summed E-state index contributed by atoms with van der Waals surface area (Å²) in [6.45, 7) is 1.61. The summed E-state index contributed by atoms with van der Waals surface area (Å²) >= 11 is 0. The fraction of sp³-hybridized carbons (Fsp3) is 0.308. The molecule has 0 unspecified atom stereocenters. The Kier molecular flexibility index (Phi) is 4.61. The Bertz CT molecular complexity index is 353. The van der Waals surface area contributed by atoms with E-state index in [0.717, 1.165) is 17.7 Å². The lowest BCUT2D eigenvalue weighted by atomic mass is 10.1. The average Bonchev–Trinajstić information content (AvgIpc) is 2.24. The molecule has 80 valence electrons.